The van der Waals surface area contributed by atoms with Gasteiger partial charge in [-0.2, -0.15) is 0 Å². The lowest BCUT2D eigenvalue weighted by Crippen LogP contribution is -2.49. The second-order valence-corrected chi connectivity index (χ2v) is 4.06. The zero-order valence-corrected chi connectivity index (χ0v) is 9.32. The highest BCUT2D eigenvalue weighted by molar-refractivity contribution is 5.66. The summed E-state index contributed by atoms with van der Waals surface area (Å²) in [6.07, 6.45) is 1.03. The lowest BCUT2D eigenvalue weighted by atomic mass is 10.0. The molecule has 1 aliphatic heterocycles. The zero-order valence-electron chi connectivity index (χ0n) is 9.32. The molecule has 0 bridgehead atoms. The van der Waals surface area contributed by atoms with Crippen molar-refractivity contribution >= 4 is 5.97 Å². The highest BCUT2D eigenvalue weighted by Gasteiger charge is 2.32. The summed E-state index contributed by atoms with van der Waals surface area (Å²) in [5.74, 6) is -0.236. The Labute approximate surface area is 85.2 Å². The summed E-state index contributed by atoms with van der Waals surface area (Å²) in [7, 11) is 4.00. The van der Waals surface area contributed by atoms with E-state index in [-0.39, 0.29) is 24.2 Å². The topological polar surface area (TPSA) is 38.8 Å². The van der Waals surface area contributed by atoms with Crippen LogP contribution in [-0.2, 0) is 14.3 Å². The first kappa shape index (κ1) is 11.5. The van der Waals surface area contributed by atoms with Gasteiger partial charge in [-0.05, 0) is 27.4 Å². The number of hydrogen-bond donors (Lipinski definition) is 0. The molecular formula is C10H19NO3. The third-order valence-corrected chi connectivity index (χ3v) is 2.53. The average Bonchev–Trinajstić information content (AvgIpc) is 2.07. The molecule has 0 aromatic carbocycles. The number of nitrogens with zero attached hydrogens (tertiary/aromatic N) is 1. The van der Waals surface area contributed by atoms with Crippen LogP contribution in [0.25, 0.3) is 0 Å². The number of esters is 1. The Bertz CT molecular complexity index is 206. The van der Waals surface area contributed by atoms with Gasteiger partial charge in [-0.25, -0.2) is 0 Å². The number of hydrogen-bond acceptors (Lipinski definition) is 4. The predicted molar refractivity (Wildman–Crippen MR) is 53.1 cm³/mol. The summed E-state index contributed by atoms with van der Waals surface area (Å²) < 4.78 is 10.7. The van der Waals surface area contributed by atoms with E-state index in [1.165, 1.54) is 6.92 Å². The smallest absolute Gasteiger partial charge is 0.303 e. The molecule has 4 nitrogen and oxygen atoms in total. The fourth-order valence-corrected chi connectivity index (χ4v) is 1.80. The summed E-state index contributed by atoms with van der Waals surface area (Å²) in [5, 5.41) is 0. The molecule has 1 aliphatic rings. The van der Waals surface area contributed by atoms with Crippen LogP contribution in [0.5, 0.6) is 0 Å². The second kappa shape index (κ2) is 4.75. The molecule has 3 atom stereocenters. The summed E-state index contributed by atoms with van der Waals surface area (Å²) in [6.45, 7) is 3.98. The molecule has 82 valence electrons. The van der Waals surface area contributed by atoms with Gasteiger partial charge in [-0.3, -0.25) is 4.79 Å². The predicted octanol–water partition coefficient (Wildman–Crippen LogP) is 0.657. The maximum atomic E-state index is 10.9. The zero-order chi connectivity index (χ0) is 10.7. The molecule has 0 radical (unpaired) electrons. The van der Waals surface area contributed by atoms with Crippen molar-refractivity contribution in [2.75, 3.05) is 20.7 Å². The molecule has 1 rings (SSSR count). The summed E-state index contributed by atoms with van der Waals surface area (Å²) in [6, 6.07) is 0.266. The molecular weight excluding hydrogens is 182 g/mol. The average molecular weight is 201 g/mol. The molecule has 0 spiro atoms. The van der Waals surface area contributed by atoms with Gasteiger partial charge in [0.15, 0.2) is 0 Å². The summed E-state index contributed by atoms with van der Waals surface area (Å²) in [4.78, 5) is 13.0. The minimum atomic E-state index is -0.236. The van der Waals surface area contributed by atoms with Gasteiger partial charge in [0.2, 0.25) is 0 Å². The Kier molecular flexibility index (Phi) is 3.89. The van der Waals surface area contributed by atoms with Gasteiger partial charge in [-0.1, -0.05) is 0 Å². The van der Waals surface area contributed by atoms with Crippen LogP contribution in [0.15, 0.2) is 0 Å². The Morgan fingerprint density at radius 1 is 1.50 bits per heavy atom. The molecule has 1 saturated heterocycles. The van der Waals surface area contributed by atoms with Crippen molar-refractivity contribution in [3.05, 3.63) is 0 Å². The SMILES string of the molecule is CC(=O)OC1COC(C)CC1N(C)C. The molecule has 0 aromatic rings. The van der Waals surface area contributed by atoms with Crippen molar-refractivity contribution in [1.29, 1.82) is 0 Å². The number of carbonyl (C=O) groups is 1. The highest BCUT2D eigenvalue weighted by atomic mass is 16.6. The van der Waals surface area contributed by atoms with E-state index in [0.717, 1.165) is 6.42 Å². The third-order valence-electron chi connectivity index (χ3n) is 2.53. The Morgan fingerprint density at radius 2 is 2.14 bits per heavy atom. The molecule has 4 heteroatoms. The van der Waals surface area contributed by atoms with E-state index >= 15 is 0 Å². The van der Waals surface area contributed by atoms with Crippen LogP contribution < -0.4 is 0 Å². The Morgan fingerprint density at radius 3 is 2.64 bits per heavy atom. The van der Waals surface area contributed by atoms with Gasteiger partial charge in [0, 0.05) is 6.92 Å². The maximum absolute atomic E-state index is 10.9. The normalized spacial score (nSPS) is 33.1. The molecule has 0 saturated carbocycles. The number of likely N-dealkylation sites (N-methyl/N-ethyl adjacent to an activating group) is 1. The minimum Gasteiger partial charge on any atom is -0.458 e. The van der Waals surface area contributed by atoms with Crippen LogP contribution in [0, 0.1) is 0 Å². The van der Waals surface area contributed by atoms with Crippen molar-refractivity contribution in [1.82, 2.24) is 4.90 Å². The van der Waals surface area contributed by atoms with Crippen molar-refractivity contribution in [2.24, 2.45) is 0 Å². The van der Waals surface area contributed by atoms with Crippen LogP contribution in [-0.4, -0.2) is 49.8 Å². The number of carbonyl (C=O) groups excluding carboxylic acids is 1. The van der Waals surface area contributed by atoms with Crippen LogP contribution in [0.4, 0.5) is 0 Å². The van der Waals surface area contributed by atoms with E-state index in [1.54, 1.807) is 0 Å². The summed E-state index contributed by atoms with van der Waals surface area (Å²) in [5.41, 5.74) is 0. The fourth-order valence-electron chi connectivity index (χ4n) is 1.80. The standard InChI is InChI=1S/C10H19NO3/c1-7-5-9(11(3)4)10(6-13-7)14-8(2)12/h7,9-10H,5-6H2,1-4H3. The molecule has 0 aliphatic carbocycles. The molecule has 3 unspecified atom stereocenters. The lowest BCUT2D eigenvalue weighted by Gasteiger charge is -2.37. The largest absolute Gasteiger partial charge is 0.458 e. The van der Waals surface area contributed by atoms with Crippen molar-refractivity contribution in [2.45, 2.75) is 38.5 Å². The van der Waals surface area contributed by atoms with Crippen molar-refractivity contribution in [3.63, 3.8) is 0 Å². The first-order valence-corrected chi connectivity index (χ1v) is 4.96. The monoisotopic (exact) mass is 201 g/mol. The number of rotatable bonds is 2. The van der Waals surface area contributed by atoms with Crippen molar-refractivity contribution in [3.8, 4) is 0 Å². The Hall–Kier alpha value is -0.610. The maximum Gasteiger partial charge on any atom is 0.303 e. The van der Waals surface area contributed by atoms with Gasteiger partial charge in [0.05, 0.1) is 18.8 Å². The van der Waals surface area contributed by atoms with E-state index in [1.807, 2.05) is 21.0 Å². The van der Waals surface area contributed by atoms with Crippen LogP contribution >= 0.6 is 0 Å². The van der Waals surface area contributed by atoms with Gasteiger partial charge in [0.25, 0.3) is 0 Å². The third kappa shape index (κ3) is 2.96. The van der Waals surface area contributed by atoms with E-state index in [0.29, 0.717) is 6.61 Å². The second-order valence-electron chi connectivity index (χ2n) is 4.06. The Balaban J connectivity index is 2.58. The summed E-state index contributed by atoms with van der Waals surface area (Å²) >= 11 is 0. The number of ether oxygens (including phenoxy) is 2. The van der Waals surface area contributed by atoms with Crippen molar-refractivity contribution < 1.29 is 14.3 Å². The minimum absolute atomic E-state index is 0.126. The van der Waals surface area contributed by atoms with E-state index in [4.69, 9.17) is 9.47 Å². The molecule has 0 amide bonds. The van der Waals surface area contributed by atoms with Crippen LogP contribution in [0.1, 0.15) is 20.3 Å². The van der Waals surface area contributed by atoms with E-state index in [9.17, 15) is 4.79 Å². The van der Waals surface area contributed by atoms with E-state index < -0.39 is 0 Å². The van der Waals surface area contributed by atoms with Crippen LogP contribution in [0.3, 0.4) is 0 Å². The molecule has 1 heterocycles. The lowest BCUT2D eigenvalue weighted by molar-refractivity contribution is -0.163. The van der Waals surface area contributed by atoms with Gasteiger partial charge in [0.1, 0.15) is 6.10 Å². The van der Waals surface area contributed by atoms with Gasteiger partial charge < -0.3 is 14.4 Å². The molecule has 1 fully saturated rings. The van der Waals surface area contributed by atoms with Gasteiger partial charge in [-0.15, -0.1) is 0 Å². The first-order chi connectivity index (χ1) is 6.50. The first-order valence-electron chi connectivity index (χ1n) is 4.96. The van der Waals surface area contributed by atoms with Crippen LogP contribution in [0.2, 0.25) is 0 Å². The molecule has 14 heavy (non-hydrogen) atoms. The quantitative estimate of drug-likeness (QED) is 0.615. The fraction of sp³-hybridized carbons (Fsp3) is 0.900. The van der Waals surface area contributed by atoms with E-state index in [2.05, 4.69) is 4.90 Å². The molecule has 0 N–H and O–H groups in total. The highest BCUT2D eigenvalue weighted by Crippen LogP contribution is 2.20. The van der Waals surface area contributed by atoms with Gasteiger partial charge >= 0.3 is 5.97 Å². The molecule has 0 aromatic heterocycles.